The van der Waals surface area contributed by atoms with Crippen LogP contribution >= 0.6 is 70.6 Å². The average molecular weight is 1460 g/mol. The first kappa shape index (κ1) is 92.6. The summed E-state index contributed by atoms with van der Waals surface area (Å²) in [7, 11) is 0. The minimum atomic E-state index is -0.746. The molecule has 16 nitrogen and oxygen atoms in total. The topological polar surface area (TPSA) is 156 Å². The SMILES string of the molecule is CCCCCCCCCCCCOCCSC(C)(C)SCCOC(=O)OCNCCCN1CCN(CCCN(COC(=O)OCCSC(C)(C)SCCOCCCCCCCCCCCC)COC(=O)OCCSC(C)(C)SCCOCCCCCCCCCCCC)CC1. The highest BCUT2D eigenvalue weighted by Gasteiger charge is 2.23. The highest BCUT2D eigenvalue weighted by Crippen LogP contribution is 2.38. The van der Waals surface area contributed by atoms with Gasteiger partial charge in [-0.25, -0.2) is 19.3 Å². The lowest BCUT2D eigenvalue weighted by Crippen LogP contribution is -2.47. The minimum absolute atomic E-state index is 0.00891. The van der Waals surface area contributed by atoms with Gasteiger partial charge in [-0.15, -0.1) is 70.6 Å². The number of ether oxygens (including phenoxy) is 9. The number of hydrogen-bond donors (Lipinski definition) is 1. The fourth-order valence-electron chi connectivity index (χ4n) is 10.7. The zero-order valence-corrected chi connectivity index (χ0v) is 67.1. The Morgan fingerprint density at radius 2 is 0.611 bits per heavy atom. The van der Waals surface area contributed by atoms with Gasteiger partial charge in [-0.05, 0) is 93.3 Å². The lowest BCUT2D eigenvalue weighted by molar-refractivity contribution is -0.0353. The number of unbranched alkanes of at least 4 members (excludes halogenated alkanes) is 27. The van der Waals surface area contributed by atoms with E-state index in [0.29, 0.717) is 30.4 Å². The van der Waals surface area contributed by atoms with Crippen molar-refractivity contribution >= 4 is 89.0 Å². The molecule has 0 unspecified atom stereocenters. The molecule has 1 saturated heterocycles. The molecule has 0 aromatic carbocycles. The second-order valence-electron chi connectivity index (χ2n) is 26.6. The Bertz CT molecular complexity index is 1650. The second-order valence-corrected chi connectivity index (χ2v) is 37.7. The lowest BCUT2D eigenvalue weighted by atomic mass is 10.1. The monoisotopic (exact) mass is 1460 g/mol. The van der Waals surface area contributed by atoms with Gasteiger partial charge in [-0.2, -0.15) is 0 Å². The number of rotatable bonds is 71. The molecular formula is C73H144N4O12S6. The lowest BCUT2D eigenvalue weighted by Gasteiger charge is -2.35. The first-order valence-corrected chi connectivity index (χ1v) is 43.8. The molecule has 0 radical (unpaired) electrons. The highest BCUT2D eigenvalue weighted by molar-refractivity contribution is 8.19. The van der Waals surface area contributed by atoms with E-state index in [9.17, 15) is 14.4 Å². The molecule has 1 N–H and O–H groups in total. The summed E-state index contributed by atoms with van der Waals surface area (Å²) >= 11 is 10.9. The molecule has 1 aliphatic rings. The maximum absolute atomic E-state index is 12.8. The summed E-state index contributed by atoms with van der Waals surface area (Å²) in [6.07, 6.45) is 39.4. The van der Waals surface area contributed by atoms with E-state index in [1.807, 2.05) is 35.3 Å². The molecule has 0 aromatic heterocycles. The highest BCUT2D eigenvalue weighted by atomic mass is 32.2. The number of nitrogens with one attached hydrogen (secondary N) is 1. The van der Waals surface area contributed by atoms with Gasteiger partial charge in [0.15, 0.2) is 13.5 Å². The Morgan fingerprint density at radius 3 is 0.926 bits per heavy atom. The van der Waals surface area contributed by atoms with Crippen LogP contribution in [-0.4, -0.2) is 212 Å². The molecule has 1 aliphatic heterocycles. The summed E-state index contributed by atoms with van der Waals surface area (Å²) in [5, 5.41) is 3.21. The summed E-state index contributed by atoms with van der Waals surface area (Å²) in [5.74, 6) is 4.78. The van der Waals surface area contributed by atoms with Gasteiger partial charge in [-0.1, -0.05) is 194 Å². The third-order valence-electron chi connectivity index (χ3n) is 16.5. The van der Waals surface area contributed by atoms with Gasteiger partial charge < -0.3 is 52.4 Å². The number of thioether (sulfide) groups is 6. The van der Waals surface area contributed by atoms with Crippen LogP contribution in [0.4, 0.5) is 14.4 Å². The normalized spacial score (nSPS) is 13.5. The number of carbonyl (C=O) groups is 3. The molecule has 22 heteroatoms. The van der Waals surface area contributed by atoms with E-state index in [4.69, 9.17) is 42.6 Å². The van der Waals surface area contributed by atoms with E-state index >= 15 is 0 Å². The number of hydrogen-bond acceptors (Lipinski definition) is 22. The van der Waals surface area contributed by atoms with Crippen LogP contribution in [0.15, 0.2) is 0 Å². The predicted molar refractivity (Wildman–Crippen MR) is 414 cm³/mol. The third-order valence-corrected chi connectivity index (χ3v) is 25.0. The molecule has 95 heavy (non-hydrogen) atoms. The first-order valence-electron chi connectivity index (χ1n) is 37.9. The van der Waals surface area contributed by atoms with E-state index in [1.165, 1.54) is 173 Å². The van der Waals surface area contributed by atoms with Crippen LogP contribution in [-0.2, 0) is 42.6 Å². The molecule has 0 saturated carbocycles. The Hall–Kier alpha value is -0.370. The minimum Gasteiger partial charge on any atom is -0.433 e. The average Bonchev–Trinajstić information content (AvgIpc) is 2.03. The molecule has 0 aliphatic carbocycles. The molecule has 1 fully saturated rings. The smallest absolute Gasteiger partial charge is 0.433 e. The van der Waals surface area contributed by atoms with Gasteiger partial charge in [0.2, 0.25) is 0 Å². The molecule has 1 rings (SSSR count). The molecule has 0 bridgehead atoms. The van der Waals surface area contributed by atoms with Crippen molar-refractivity contribution in [3.8, 4) is 0 Å². The van der Waals surface area contributed by atoms with Crippen LogP contribution in [0.1, 0.15) is 268 Å². The van der Waals surface area contributed by atoms with Gasteiger partial charge in [-0.3, -0.25) is 5.32 Å². The molecule has 564 valence electrons. The maximum Gasteiger partial charge on any atom is 0.509 e. The number of nitrogens with zero attached hydrogens (tertiary/aromatic N) is 3. The van der Waals surface area contributed by atoms with Crippen molar-refractivity contribution in [1.82, 2.24) is 20.0 Å². The fraction of sp³-hybridized carbons (Fsp3) is 0.959. The third kappa shape index (κ3) is 65.4. The first-order chi connectivity index (χ1) is 46.1. The van der Waals surface area contributed by atoms with Crippen molar-refractivity contribution in [2.75, 3.05) is 167 Å². The zero-order chi connectivity index (χ0) is 69.3. The Morgan fingerprint density at radius 1 is 0.337 bits per heavy atom. The summed E-state index contributed by atoms with van der Waals surface area (Å²) in [5.41, 5.74) is 0. The summed E-state index contributed by atoms with van der Waals surface area (Å²) in [6, 6.07) is 0. The number of carbonyl (C=O) groups excluding carboxylic acids is 3. The Labute approximate surface area is 608 Å². The van der Waals surface area contributed by atoms with E-state index in [0.717, 1.165) is 135 Å². The van der Waals surface area contributed by atoms with Crippen LogP contribution in [0.5, 0.6) is 0 Å². The van der Waals surface area contributed by atoms with Crippen LogP contribution < -0.4 is 5.32 Å². The summed E-state index contributed by atoms with van der Waals surface area (Å²) in [6.45, 7) is 32.4. The molecular weight excluding hydrogens is 1320 g/mol. The molecule has 1 heterocycles. The van der Waals surface area contributed by atoms with Crippen molar-refractivity contribution in [3.63, 3.8) is 0 Å². The van der Waals surface area contributed by atoms with Crippen LogP contribution in [0.25, 0.3) is 0 Å². The van der Waals surface area contributed by atoms with Crippen LogP contribution in [0.2, 0.25) is 0 Å². The van der Waals surface area contributed by atoms with Crippen molar-refractivity contribution in [2.45, 2.75) is 280 Å². The molecule has 0 amide bonds. The van der Waals surface area contributed by atoms with Crippen LogP contribution in [0.3, 0.4) is 0 Å². The molecule has 0 spiro atoms. The second kappa shape index (κ2) is 66.8. The maximum atomic E-state index is 12.8. The van der Waals surface area contributed by atoms with E-state index < -0.39 is 18.5 Å². The van der Waals surface area contributed by atoms with Crippen molar-refractivity contribution in [3.05, 3.63) is 0 Å². The quantitative estimate of drug-likeness (QED) is 0.0265. The Kier molecular flexibility index (Phi) is 65.2. The van der Waals surface area contributed by atoms with E-state index in [1.54, 1.807) is 40.2 Å². The fourth-order valence-corrected chi connectivity index (χ4v) is 17.3. The van der Waals surface area contributed by atoms with Crippen molar-refractivity contribution in [1.29, 1.82) is 0 Å². The van der Waals surface area contributed by atoms with Gasteiger partial charge in [0.25, 0.3) is 0 Å². The van der Waals surface area contributed by atoms with Crippen LogP contribution in [0, 0.1) is 0 Å². The van der Waals surface area contributed by atoms with Crippen molar-refractivity contribution in [2.24, 2.45) is 0 Å². The largest absolute Gasteiger partial charge is 0.509 e. The predicted octanol–water partition coefficient (Wildman–Crippen LogP) is 20.0. The van der Waals surface area contributed by atoms with Gasteiger partial charge in [0.1, 0.15) is 26.6 Å². The van der Waals surface area contributed by atoms with Crippen molar-refractivity contribution < 1.29 is 57.0 Å². The van der Waals surface area contributed by atoms with Gasteiger partial charge in [0, 0.05) is 87.1 Å². The van der Waals surface area contributed by atoms with Gasteiger partial charge in [0.05, 0.1) is 32.1 Å². The summed E-state index contributed by atoms with van der Waals surface area (Å²) < 4.78 is 50.4. The standard InChI is InChI=1S/C73H144N4O12S6/c1-10-13-16-19-22-25-28-31-34-37-50-81-53-59-90-71(4,5)93-62-56-84-68(78)87-65-74-42-40-43-75-46-48-76(49-47-75)44-41-45-77(66-88-69(79)85-57-63-94-72(6,7)91-60-54-82-51-38-35-32-29-26-23-20-17-14-11-2)67-89-70(80)86-58-64-95-73(8,9)92-61-55-83-52-39-36-33-30-27-24-21-18-15-12-3/h74H,10-67H2,1-9H3. The van der Waals surface area contributed by atoms with E-state index in [-0.39, 0.29) is 45.6 Å². The Balaban J connectivity index is 2.38. The molecule has 0 aromatic rings. The van der Waals surface area contributed by atoms with Gasteiger partial charge >= 0.3 is 18.5 Å². The summed E-state index contributed by atoms with van der Waals surface area (Å²) in [4.78, 5) is 44.6. The van der Waals surface area contributed by atoms with E-state index in [2.05, 4.69) is 77.4 Å². The zero-order valence-electron chi connectivity index (χ0n) is 62.2. The number of piperazine rings is 1. The molecule has 0 atom stereocenters.